The molecule has 0 bridgehead atoms. The lowest BCUT2D eigenvalue weighted by atomic mass is 9.92. The Morgan fingerprint density at radius 3 is 2.71 bits per heavy atom. The van der Waals surface area contributed by atoms with E-state index in [2.05, 4.69) is 10.3 Å². The Balaban J connectivity index is 1.61. The largest absolute Gasteiger partial charge is 0.493 e. The normalized spacial score (nSPS) is 14.8. The number of ether oxygens (including phenoxy) is 1. The summed E-state index contributed by atoms with van der Waals surface area (Å²) in [6, 6.07) is 15.7. The monoisotopic (exact) mass is 509 g/mol. The highest BCUT2D eigenvalue weighted by Crippen LogP contribution is 2.42. The van der Waals surface area contributed by atoms with Gasteiger partial charge in [-0.2, -0.15) is 0 Å². The van der Waals surface area contributed by atoms with Crippen molar-refractivity contribution in [3.8, 4) is 16.9 Å². The van der Waals surface area contributed by atoms with Gasteiger partial charge in [-0.3, -0.25) is 9.78 Å². The minimum Gasteiger partial charge on any atom is -0.493 e. The summed E-state index contributed by atoms with van der Waals surface area (Å²) in [5.74, 6) is -0.235. The van der Waals surface area contributed by atoms with E-state index in [1.807, 2.05) is 43.3 Å². The van der Waals surface area contributed by atoms with Crippen molar-refractivity contribution in [3.63, 3.8) is 0 Å². The van der Waals surface area contributed by atoms with Gasteiger partial charge in [0.15, 0.2) is 0 Å². The number of anilines is 2. The number of halogens is 3. The van der Waals surface area contributed by atoms with Gasteiger partial charge < -0.3 is 15.0 Å². The molecule has 1 amide bonds. The van der Waals surface area contributed by atoms with Crippen LogP contribution in [0.1, 0.15) is 17.9 Å². The van der Waals surface area contributed by atoms with Crippen molar-refractivity contribution in [3.05, 3.63) is 82.2 Å². The van der Waals surface area contributed by atoms with Crippen LogP contribution >= 0.6 is 23.2 Å². The molecule has 0 radical (unpaired) electrons. The van der Waals surface area contributed by atoms with Gasteiger partial charge in [-0.05, 0) is 30.7 Å². The van der Waals surface area contributed by atoms with Gasteiger partial charge in [0.2, 0.25) is 5.91 Å². The smallest absolute Gasteiger partial charge is 0.232 e. The lowest BCUT2D eigenvalue weighted by Crippen LogP contribution is -2.27. The van der Waals surface area contributed by atoms with Crippen LogP contribution in [0.5, 0.6) is 5.75 Å². The number of hydrogen-bond acceptors (Lipinski definition) is 4. The van der Waals surface area contributed by atoms with Crippen molar-refractivity contribution in [1.29, 1.82) is 0 Å². The van der Waals surface area contributed by atoms with Crippen LogP contribution in [0.3, 0.4) is 0 Å². The molecule has 1 aromatic heterocycles. The predicted octanol–water partition coefficient (Wildman–Crippen LogP) is 6.92. The Bertz CT molecular complexity index is 1460. The SMILES string of the molecule is CN(C)c1c(NC(=O)[C@H]2CCOc3ccccc32)cnc2c(-c3cccc(Cl)c3Cl)c(F)ccc12. The van der Waals surface area contributed by atoms with E-state index in [1.54, 1.807) is 30.5 Å². The third-order valence-corrected chi connectivity index (χ3v) is 6.98. The molecule has 5 nitrogen and oxygen atoms in total. The average Bonchev–Trinajstić information content (AvgIpc) is 2.85. The molecule has 4 aromatic rings. The standard InChI is InChI=1S/C27H22Cl2FN3O2/c1-33(2)26-18-10-11-20(30)23(17-7-5-8-19(28)24(17)29)25(18)31-14-21(26)32-27(34)16-12-13-35-22-9-4-3-6-15(16)22/h3-11,14,16H,12-13H2,1-2H3,(H,32,34)/t16-/m0/s1. The molecule has 0 fully saturated rings. The maximum absolute atomic E-state index is 15.1. The highest BCUT2D eigenvalue weighted by atomic mass is 35.5. The molecule has 2 heterocycles. The summed E-state index contributed by atoms with van der Waals surface area (Å²) in [6.45, 7) is 0.467. The second kappa shape index (κ2) is 9.36. The molecule has 178 valence electrons. The molecule has 3 aromatic carbocycles. The van der Waals surface area contributed by atoms with Crippen LogP contribution in [-0.2, 0) is 4.79 Å². The van der Waals surface area contributed by atoms with E-state index < -0.39 is 5.82 Å². The van der Waals surface area contributed by atoms with E-state index in [-0.39, 0.29) is 22.4 Å². The van der Waals surface area contributed by atoms with Crippen molar-refractivity contribution in [2.24, 2.45) is 0 Å². The van der Waals surface area contributed by atoms with Crippen LogP contribution < -0.4 is 15.0 Å². The Hall–Kier alpha value is -3.35. The zero-order valence-electron chi connectivity index (χ0n) is 19.1. The van der Waals surface area contributed by atoms with Crippen LogP contribution in [0.25, 0.3) is 22.0 Å². The zero-order chi connectivity index (χ0) is 24.7. The number of benzene rings is 3. The Kier molecular flexibility index (Phi) is 6.26. The third kappa shape index (κ3) is 4.17. The second-order valence-corrected chi connectivity index (χ2v) is 9.34. The van der Waals surface area contributed by atoms with Crippen LogP contribution in [0.4, 0.5) is 15.8 Å². The van der Waals surface area contributed by atoms with Gasteiger partial charge in [-0.1, -0.05) is 53.5 Å². The van der Waals surface area contributed by atoms with Crippen LogP contribution in [0, 0.1) is 5.82 Å². The van der Waals surface area contributed by atoms with Crippen molar-refractivity contribution in [1.82, 2.24) is 4.98 Å². The second-order valence-electron chi connectivity index (χ2n) is 8.55. The number of para-hydroxylation sites is 1. The predicted molar refractivity (Wildman–Crippen MR) is 139 cm³/mol. The lowest BCUT2D eigenvalue weighted by Gasteiger charge is -2.26. The molecule has 35 heavy (non-hydrogen) atoms. The number of nitrogens with one attached hydrogen (secondary N) is 1. The Morgan fingerprint density at radius 2 is 1.91 bits per heavy atom. The van der Waals surface area contributed by atoms with Gasteiger partial charge in [-0.15, -0.1) is 0 Å². The van der Waals surface area contributed by atoms with E-state index >= 15 is 4.39 Å². The maximum atomic E-state index is 15.1. The molecule has 0 unspecified atom stereocenters. The molecule has 5 rings (SSSR count). The maximum Gasteiger partial charge on any atom is 0.232 e. The fourth-order valence-corrected chi connectivity index (χ4v) is 4.98. The Labute approximate surface area is 212 Å². The summed E-state index contributed by atoms with van der Waals surface area (Å²) in [7, 11) is 3.73. The first-order chi connectivity index (χ1) is 16.9. The van der Waals surface area contributed by atoms with Gasteiger partial charge in [-0.25, -0.2) is 4.39 Å². The molecule has 1 N–H and O–H groups in total. The summed E-state index contributed by atoms with van der Waals surface area (Å²) in [4.78, 5) is 19.8. The van der Waals surface area contributed by atoms with Gasteiger partial charge in [0.1, 0.15) is 11.6 Å². The van der Waals surface area contributed by atoms with Crippen LogP contribution in [0.2, 0.25) is 10.0 Å². The molecule has 0 saturated carbocycles. The van der Waals surface area contributed by atoms with Crippen molar-refractivity contribution in [2.75, 3.05) is 30.9 Å². The fraction of sp³-hybridized carbons (Fsp3) is 0.185. The molecular weight excluding hydrogens is 488 g/mol. The number of pyridine rings is 1. The molecule has 1 atom stereocenters. The number of carbonyl (C=O) groups is 1. The summed E-state index contributed by atoms with van der Waals surface area (Å²) in [6.07, 6.45) is 2.13. The third-order valence-electron chi connectivity index (χ3n) is 6.16. The first-order valence-corrected chi connectivity index (χ1v) is 11.9. The molecule has 0 spiro atoms. The van der Waals surface area contributed by atoms with E-state index in [4.69, 9.17) is 27.9 Å². The number of fused-ring (bicyclic) bond motifs is 2. The van der Waals surface area contributed by atoms with Crippen molar-refractivity contribution >= 4 is 51.4 Å². The molecule has 0 saturated heterocycles. The summed E-state index contributed by atoms with van der Waals surface area (Å²) in [5, 5.41) is 4.30. The van der Waals surface area contributed by atoms with E-state index in [0.29, 0.717) is 45.9 Å². The van der Waals surface area contributed by atoms with Crippen molar-refractivity contribution < 1.29 is 13.9 Å². The van der Waals surface area contributed by atoms with E-state index in [1.165, 1.54) is 6.07 Å². The van der Waals surface area contributed by atoms with E-state index in [9.17, 15) is 4.79 Å². The number of amides is 1. The summed E-state index contributed by atoms with van der Waals surface area (Å²) < 4.78 is 20.8. The van der Waals surface area contributed by atoms with Crippen LogP contribution in [-0.4, -0.2) is 31.6 Å². The van der Waals surface area contributed by atoms with Gasteiger partial charge in [0, 0.05) is 36.2 Å². The lowest BCUT2D eigenvalue weighted by molar-refractivity contribution is -0.118. The molecular formula is C27H22Cl2FN3O2. The number of hydrogen-bond donors (Lipinski definition) is 1. The van der Waals surface area contributed by atoms with Crippen LogP contribution in [0.15, 0.2) is 60.8 Å². The first-order valence-electron chi connectivity index (χ1n) is 11.1. The highest BCUT2D eigenvalue weighted by molar-refractivity contribution is 6.44. The number of rotatable bonds is 4. The topological polar surface area (TPSA) is 54.5 Å². The molecule has 1 aliphatic heterocycles. The quantitative estimate of drug-likeness (QED) is 0.324. The minimum absolute atomic E-state index is 0.148. The molecule has 1 aliphatic rings. The molecule has 8 heteroatoms. The molecule has 0 aliphatic carbocycles. The summed E-state index contributed by atoms with van der Waals surface area (Å²) in [5.41, 5.74) is 3.24. The van der Waals surface area contributed by atoms with Gasteiger partial charge in [0.25, 0.3) is 0 Å². The summed E-state index contributed by atoms with van der Waals surface area (Å²) >= 11 is 12.6. The zero-order valence-corrected chi connectivity index (χ0v) is 20.6. The van der Waals surface area contributed by atoms with Crippen molar-refractivity contribution in [2.45, 2.75) is 12.3 Å². The number of aromatic nitrogens is 1. The number of nitrogens with zero attached hydrogens (tertiary/aromatic N) is 2. The first kappa shape index (κ1) is 23.4. The highest BCUT2D eigenvalue weighted by Gasteiger charge is 2.29. The van der Waals surface area contributed by atoms with E-state index in [0.717, 1.165) is 11.3 Å². The average molecular weight is 510 g/mol. The van der Waals surface area contributed by atoms with Gasteiger partial charge >= 0.3 is 0 Å². The van der Waals surface area contributed by atoms with Gasteiger partial charge in [0.05, 0.1) is 45.7 Å². The fourth-order valence-electron chi connectivity index (χ4n) is 4.59. The minimum atomic E-state index is -0.463. The Morgan fingerprint density at radius 1 is 1.11 bits per heavy atom. The number of carbonyl (C=O) groups excluding carboxylic acids is 1.